The van der Waals surface area contributed by atoms with Crippen molar-refractivity contribution < 1.29 is 0 Å². The minimum atomic E-state index is 0.639. The van der Waals surface area contributed by atoms with Gasteiger partial charge in [-0.2, -0.15) is 5.10 Å². The lowest BCUT2D eigenvalue weighted by molar-refractivity contribution is 0.570. The van der Waals surface area contributed by atoms with Gasteiger partial charge in [-0.15, -0.1) is 0 Å². The lowest BCUT2D eigenvalue weighted by Crippen LogP contribution is -2.29. The zero-order valence-corrected chi connectivity index (χ0v) is 14.7. The minimum absolute atomic E-state index is 0.639. The number of nitrogens with zero attached hydrogens (tertiary/aromatic N) is 2. The van der Waals surface area contributed by atoms with E-state index >= 15 is 0 Å². The Morgan fingerprint density at radius 3 is 2.50 bits per heavy atom. The molecular formula is C16H21ClN4S. The monoisotopic (exact) mass is 336 g/mol. The number of hydrogen-bond acceptors (Lipinski definition) is 2. The van der Waals surface area contributed by atoms with Crippen molar-refractivity contribution >= 4 is 34.6 Å². The molecular weight excluding hydrogens is 316 g/mol. The standard InChI is InChI=1S/C16H21ClN4S/c1-11-7-12(2)9-14(8-11)19-16(22)18-5-4-6-21-10-15(17)13(3)20-21/h7-10H,4-6H2,1-3H3,(H2,18,19,22). The number of nitrogens with one attached hydrogen (secondary N) is 2. The Morgan fingerprint density at radius 1 is 1.23 bits per heavy atom. The molecule has 0 aliphatic rings. The lowest BCUT2D eigenvalue weighted by Gasteiger charge is -2.11. The molecule has 118 valence electrons. The van der Waals surface area contributed by atoms with E-state index in [-0.39, 0.29) is 0 Å². The number of hydrogen-bond donors (Lipinski definition) is 2. The molecule has 0 spiro atoms. The summed E-state index contributed by atoms with van der Waals surface area (Å²) >= 11 is 11.3. The molecule has 0 unspecified atom stereocenters. The topological polar surface area (TPSA) is 41.9 Å². The summed E-state index contributed by atoms with van der Waals surface area (Å²) in [7, 11) is 0. The fourth-order valence-corrected chi connectivity index (χ4v) is 2.64. The van der Waals surface area contributed by atoms with Crippen LogP contribution < -0.4 is 10.6 Å². The number of thiocarbonyl (C=S) groups is 1. The lowest BCUT2D eigenvalue weighted by atomic mass is 10.1. The Hall–Kier alpha value is -1.59. The highest BCUT2D eigenvalue weighted by Gasteiger charge is 2.02. The predicted octanol–water partition coefficient (Wildman–Crippen LogP) is 3.84. The van der Waals surface area contributed by atoms with Crippen LogP contribution in [0.25, 0.3) is 0 Å². The molecule has 2 aromatic rings. The number of halogens is 1. The van der Waals surface area contributed by atoms with Crippen molar-refractivity contribution in [1.29, 1.82) is 0 Å². The molecule has 1 heterocycles. The molecule has 2 N–H and O–H groups in total. The second kappa shape index (κ2) is 7.61. The smallest absolute Gasteiger partial charge is 0.170 e. The van der Waals surface area contributed by atoms with Crippen LogP contribution in [-0.2, 0) is 6.54 Å². The molecule has 0 saturated carbocycles. The van der Waals surface area contributed by atoms with Crippen molar-refractivity contribution in [1.82, 2.24) is 15.1 Å². The number of aryl methyl sites for hydroxylation is 4. The molecule has 2 rings (SSSR count). The van der Waals surface area contributed by atoms with Gasteiger partial charge >= 0.3 is 0 Å². The van der Waals surface area contributed by atoms with Crippen LogP contribution in [0.1, 0.15) is 23.2 Å². The summed E-state index contributed by atoms with van der Waals surface area (Å²) in [5, 5.41) is 12.1. The summed E-state index contributed by atoms with van der Waals surface area (Å²) in [4.78, 5) is 0. The molecule has 0 bridgehead atoms. The van der Waals surface area contributed by atoms with E-state index in [1.54, 1.807) is 0 Å². The van der Waals surface area contributed by atoms with Crippen LogP contribution in [0.5, 0.6) is 0 Å². The van der Waals surface area contributed by atoms with Crippen LogP contribution in [0, 0.1) is 20.8 Å². The Balaban J connectivity index is 1.73. The zero-order chi connectivity index (χ0) is 16.1. The SMILES string of the molecule is Cc1cc(C)cc(NC(=S)NCCCn2cc(Cl)c(C)n2)c1. The number of rotatable bonds is 5. The fourth-order valence-electron chi connectivity index (χ4n) is 2.27. The Labute approximate surface area is 141 Å². The van der Waals surface area contributed by atoms with E-state index < -0.39 is 0 Å². The van der Waals surface area contributed by atoms with Gasteiger partial charge in [0.25, 0.3) is 0 Å². The number of aromatic nitrogens is 2. The van der Waals surface area contributed by atoms with Crippen molar-refractivity contribution in [3.8, 4) is 0 Å². The summed E-state index contributed by atoms with van der Waals surface area (Å²) in [6.07, 6.45) is 2.77. The van der Waals surface area contributed by atoms with Gasteiger partial charge in [0.2, 0.25) is 0 Å². The van der Waals surface area contributed by atoms with Crippen LogP contribution >= 0.6 is 23.8 Å². The summed E-state index contributed by atoms with van der Waals surface area (Å²) in [6.45, 7) is 7.65. The quantitative estimate of drug-likeness (QED) is 0.643. The molecule has 6 heteroatoms. The maximum atomic E-state index is 5.98. The van der Waals surface area contributed by atoms with Crippen molar-refractivity contribution in [3.63, 3.8) is 0 Å². The first kappa shape index (κ1) is 16.8. The molecule has 1 aromatic heterocycles. The van der Waals surface area contributed by atoms with Gasteiger partial charge in [0.15, 0.2) is 5.11 Å². The summed E-state index contributed by atoms with van der Waals surface area (Å²) in [6, 6.07) is 6.30. The fraction of sp³-hybridized carbons (Fsp3) is 0.375. The van der Waals surface area contributed by atoms with Crippen LogP contribution in [0.4, 0.5) is 5.69 Å². The molecule has 0 fully saturated rings. The third kappa shape index (κ3) is 5.00. The van der Waals surface area contributed by atoms with E-state index in [4.69, 9.17) is 23.8 Å². The Morgan fingerprint density at radius 2 is 1.91 bits per heavy atom. The molecule has 0 aliphatic carbocycles. The Kier molecular flexibility index (Phi) is 5.80. The van der Waals surface area contributed by atoms with Crippen LogP contribution in [-0.4, -0.2) is 21.4 Å². The number of anilines is 1. The van der Waals surface area contributed by atoms with Gasteiger partial charge in [-0.25, -0.2) is 0 Å². The van der Waals surface area contributed by atoms with Crippen LogP contribution in [0.15, 0.2) is 24.4 Å². The maximum absolute atomic E-state index is 5.98. The minimum Gasteiger partial charge on any atom is -0.362 e. The van der Waals surface area contributed by atoms with Gasteiger partial charge in [0.1, 0.15) is 0 Å². The molecule has 0 saturated heterocycles. The largest absolute Gasteiger partial charge is 0.362 e. The summed E-state index contributed by atoms with van der Waals surface area (Å²) in [5.74, 6) is 0. The van der Waals surface area contributed by atoms with Crippen LogP contribution in [0.3, 0.4) is 0 Å². The number of benzene rings is 1. The second-order valence-corrected chi connectivity index (χ2v) is 6.25. The van der Waals surface area contributed by atoms with Crippen LogP contribution in [0.2, 0.25) is 5.02 Å². The van der Waals surface area contributed by atoms with Crippen molar-refractivity contribution in [3.05, 3.63) is 46.2 Å². The highest BCUT2D eigenvalue weighted by molar-refractivity contribution is 7.80. The second-order valence-electron chi connectivity index (χ2n) is 5.44. The third-order valence-electron chi connectivity index (χ3n) is 3.22. The first-order valence-corrected chi connectivity index (χ1v) is 8.05. The van der Waals surface area contributed by atoms with E-state index in [0.717, 1.165) is 30.9 Å². The van der Waals surface area contributed by atoms with Crippen molar-refractivity contribution in [2.24, 2.45) is 0 Å². The van der Waals surface area contributed by atoms with Gasteiger partial charge in [0.05, 0.1) is 10.7 Å². The Bertz CT molecular complexity index is 626. The average molecular weight is 337 g/mol. The first-order chi connectivity index (χ1) is 10.4. The first-order valence-electron chi connectivity index (χ1n) is 7.27. The van der Waals surface area contributed by atoms with Gasteiger partial charge in [0, 0.05) is 25.0 Å². The van der Waals surface area contributed by atoms with E-state index in [0.29, 0.717) is 10.1 Å². The zero-order valence-electron chi connectivity index (χ0n) is 13.1. The molecule has 0 radical (unpaired) electrons. The van der Waals surface area contributed by atoms with E-state index in [2.05, 4.69) is 47.8 Å². The van der Waals surface area contributed by atoms with Crippen molar-refractivity contribution in [2.75, 3.05) is 11.9 Å². The van der Waals surface area contributed by atoms with Gasteiger partial charge < -0.3 is 10.6 Å². The molecule has 4 nitrogen and oxygen atoms in total. The molecule has 1 aromatic carbocycles. The molecule has 22 heavy (non-hydrogen) atoms. The van der Waals surface area contributed by atoms with Crippen molar-refractivity contribution in [2.45, 2.75) is 33.7 Å². The van der Waals surface area contributed by atoms with E-state index in [1.807, 2.05) is 17.8 Å². The summed E-state index contributed by atoms with van der Waals surface area (Å²) in [5.41, 5.74) is 4.32. The average Bonchev–Trinajstić information content (AvgIpc) is 2.72. The highest BCUT2D eigenvalue weighted by Crippen LogP contribution is 2.14. The van der Waals surface area contributed by atoms with E-state index in [9.17, 15) is 0 Å². The van der Waals surface area contributed by atoms with Gasteiger partial charge in [-0.05, 0) is 62.7 Å². The molecule has 0 atom stereocenters. The highest BCUT2D eigenvalue weighted by atomic mass is 35.5. The third-order valence-corrected chi connectivity index (χ3v) is 3.83. The van der Waals surface area contributed by atoms with Gasteiger partial charge in [-0.1, -0.05) is 17.7 Å². The van der Waals surface area contributed by atoms with E-state index in [1.165, 1.54) is 11.1 Å². The predicted molar refractivity (Wildman–Crippen MR) is 96.7 cm³/mol. The molecule has 0 amide bonds. The molecule has 0 aliphatic heterocycles. The normalized spacial score (nSPS) is 10.5. The maximum Gasteiger partial charge on any atom is 0.170 e. The summed E-state index contributed by atoms with van der Waals surface area (Å²) < 4.78 is 1.86. The van der Waals surface area contributed by atoms with Gasteiger partial charge in [-0.3, -0.25) is 4.68 Å².